The Balaban J connectivity index is 1.48. The molecule has 2 aromatic rings. The summed E-state index contributed by atoms with van der Waals surface area (Å²) in [7, 11) is 1.57. The van der Waals surface area contributed by atoms with E-state index in [4.69, 9.17) is 4.74 Å². The number of piperidine rings is 1. The number of ether oxygens (including phenoxy) is 1. The van der Waals surface area contributed by atoms with Crippen LogP contribution in [0.3, 0.4) is 0 Å². The van der Waals surface area contributed by atoms with E-state index in [2.05, 4.69) is 5.32 Å². The van der Waals surface area contributed by atoms with Gasteiger partial charge in [0.2, 0.25) is 5.91 Å². The first kappa shape index (κ1) is 20.5. The highest BCUT2D eigenvalue weighted by Gasteiger charge is 2.28. The molecule has 0 spiro atoms. The van der Waals surface area contributed by atoms with Crippen molar-refractivity contribution in [2.24, 2.45) is 5.92 Å². The van der Waals surface area contributed by atoms with Crippen LogP contribution in [-0.2, 0) is 4.79 Å². The first-order chi connectivity index (χ1) is 14.0. The van der Waals surface area contributed by atoms with Gasteiger partial charge in [-0.2, -0.15) is 0 Å². The normalized spacial score (nSPS) is 14.3. The molecule has 3 rings (SSSR count). The van der Waals surface area contributed by atoms with E-state index in [-0.39, 0.29) is 29.7 Å². The number of carbonyl (C=O) groups excluding carboxylic acids is 3. The number of nitrogens with zero attached hydrogens (tertiary/aromatic N) is 1. The van der Waals surface area contributed by atoms with Gasteiger partial charge in [0.05, 0.1) is 19.2 Å². The van der Waals surface area contributed by atoms with E-state index >= 15 is 0 Å². The Morgan fingerprint density at radius 1 is 1.07 bits per heavy atom. The van der Waals surface area contributed by atoms with E-state index in [0.717, 1.165) is 0 Å². The molecule has 1 aliphatic rings. The summed E-state index contributed by atoms with van der Waals surface area (Å²) < 4.78 is 18.7. The number of halogens is 1. The van der Waals surface area contributed by atoms with Gasteiger partial charge in [-0.1, -0.05) is 12.1 Å². The minimum Gasteiger partial charge on any atom is -0.497 e. The minimum atomic E-state index is -0.629. The topological polar surface area (TPSA) is 75.7 Å². The van der Waals surface area contributed by atoms with Gasteiger partial charge in [-0.25, -0.2) is 4.39 Å². The van der Waals surface area contributed by atoms with Gasteiger partial charge in [-0.15, -0.1) is 0 Å². The molecular formula is C22H23FN2O4. The Labute approximate surface area is 168 Å². The molecule has 1 N–H and O–H groups in total. The van der Waals surface area contributed by atoms with Gasteiger partial charge in [0, 0.05) is 24.6 Å². The Morgan fingerprint density at radius 2 is 1.72 bits per heavy atom. The summed E-state index contributed by atoms with van der Waals surface area (Å²) in [5, 5.41) is 2.46. The summed E-state index contributed by atoms with van der Waals surface area (Å²) in [5.41, 5.74) is 0.539. The fourth-order valence-electron chi connectivity index (χ4n) is 3.39. The Kier molecular flexibility index (Phi) is 6.59. The number of hydrogen-bond acceptors (Lipinski definition) is 4. The van der Waals surface area contributed by atoms with Crippen LogP contribution in [0.5, 0.6) is 5.75 Å². The number of amides is 2. The van der Waals surface area contributed by atoms with Crippen molar-refractivity contribution in [2.75, 3.05) is 26.7 Å². The number of hydrogen-bond donors (Lipinski definition) is 1. The number of rotatable bonds is 6. The largest absolute Gasteiger partial charge is 0.497 e. The highest BCUT2D eigenvalue weighted by molar-refractivity contribution is 5.98. The molecule has 152 valence electrons. The lowest BCUT2D eigenvalue weighted by molar-refractivity contribution is -0.131. The van der Waals surface area contributed by atoms with Crippen LogP contribution < -0.4 is 10.1 Å². The number of carbonyl (C=O) groups is 3. The minimum absolute atomic E-state index is 0.0626. The molecule has 0 bridgehead atoms. The van der Waals surface area contributed by atoms with E-state index in [1.165, 1.54) is 18.2 Å². The number of benzene rings is 2. The highest BCUT2D eigenvalue weighted by Crippen LogP contribution is 2.23. The predicted molar refractivity (Wildman–Crippen MR) is 105 cm³/mol. The maximum absolute atomic E-state index is 13.6. The first-order valence-corrected chi connectivity index (χ1v) is 9.48. The molecule has 0 unspecified atom stereocenters. The van der Waals surface area contributed by atoms with Crippen LogP contribution in [0.2, 0.25) is 0 Å². The van der Waals surface area contributed by atoms with Crippen LogP contribution in [-0.4, -0.2) is 49.2 Å². The molecule has 0 saturated carbocycles. The Morgan fingerprint density at radius 3 is 2.34 bits per heavy atom. The summed E-state index contributed by atoms with van der Waals surface area (Å²) in [4.78, 5) is 38.6. The quantitative estimate of drug-likeness (QED) is 0.759. The summed E-state index contributed by atoms with van der Waals surface area (Å²) in [6.45, 7) is 0.687. The average molecular weight is 398 g/mol. The summed E-state index contributed by atoms with van der Waals surface area (Å²) in [5.74, 6) is -0.881. The third kappa shape index (κ3) is 4.99. The van der Waals surface area contributed by atoms with Crippen molar-refractivity contribution < 1.29 is 23.5 Å². The number of likely N-dealkylation sites (tertiary alicyclic amines) is 1. The number of methoxy groups -OCH3 is 1. The van der Waals surface area contributed by atoms with E-state index in [1.54, 1.807) is 42.3 Å². The summed E-state index contributed by atoms with van der Waals surface area (Å²) in [6, 6.07) is 12.6. The zero-order chi connectivity index (χ0) is 20.8. The van der Waals surface area contributed by atoms with Gasteiger partial charge in [0.1, 0.15) is 11.6 Å². The van der Waals surface area contributed by atoms with Crippen LogP contribution in [0.4, 0.5) is 4.39 Å². The van der Waals surface area contributed by atoms with Crippen molar-refractivity contribution in [3.8, 4) is 5.75 Å². The molecule has 1 aliphatic heterocycles. The van der Waals surface area contributed by atoms with E-state index in [1.807, 2.05) is 0 Å². The fraction of sp³-hybridized carbons (Fsp3) is 0.318. The maximum Gasteiger partial charge on any atom is 0.254 e. The second kappa shape index (κ2) is 9.32. The molecule has 0 aromatic heterocycles. The third-order valence-corrected chi connectivity index (χ3v) is 5.11. The molecule has 0 aliphatic carbocycles. The maximum atomic E-state index is 13.6. The highest BCUT2D eigenvalue weighted by atomic mass is 19.1. The van der Waals surface area contributed by atoms with Crippen molar-refractivity contribution >= 4 is 17.6 Å². The monoisotopic (exact) mass is 398 g/mol. The van der Waals surface area contributed by atoms with E-state index in [9.17, 15) is 18.8 Å². The van der Waals surface area contributed by atoms with Crippen molar-refractivity contribution in [1.29, 1.82) is 0 Å². The van der Waals surface area contributed by atoms with Crippen molar-refractivity contribution in [1.82, 2.24) is 10.2 Å². The average Bonchev–Trinajstić information content (AvgIpc) is 2.77. The Bertz CT molecular complexity index is 890. The number of nitrogens with one attached hydrogen (secondary N) is 1. The SMILES string of the molecule is COc1ccc(C(=O)C2CCN(C(=O)CNC(=O)c3ccccc3F)CC2)cc1. The smallest absolute Gasteiger partial charge is 0.254 e. The predicted octanol–water partition coefficient (Wildman–Crippen LogP) is 2.69. The lowest BCUT2D eigenvalue weighted by Gasteiger charge is -2.31. The van der Waals surface area contributed by atoms with Gasteiger partial charge in [-0.05, 0) is 49.2 Å². The zero-order valence-electron chi connectivity index (χ0n) is 16.2. The van der Waals surface area contributed by atoms with Gasteiger partial charge in [-0.3, -0.25) is 14.4 Å². The molecule has 6 nitrogen and oxygen atoms in total. The lowest BCUT2D eigenvalue weighted by Crippen LogP contribution is -2.45. The van der Waals surface area contributed by atoms with E-state index < -0.39 is 11.7 Å². The zero-order valence-corrected chi connectivity index (χ0v) is 16.2. The molecule has 1 fully saturated rings. The lowest BCUT2D eigenvalue weighted by atomic mass is 9.89. The van der Waals surface area contributed by atoms with Crippen molar-refractivity contribution in [3.05, 3.63) is 65.5 Å². The van der Waals surface area contributed by atoms with Crippen LogP contribution in [0.25, 0.3) is 0 Å². The number of Topliss-reactive ketones (excluding diaryl/α,β-unsaturated/α-hetero) is 1. The molecule has 0 radical (unpaired) electrons. The Hall–Kier alpha value is -3.22. The van der Waals surface area contributed by atoms with Gasteiger partial charge in [0.25, 0.3) is 5.91 Å². The van der Waals surface area contributed by atoms with Crippen molar-refractivity contribution in [3.63, 3.8) is 0 Å². The standard InChI is InChI=1S/C22H23FN2O4/c1-29-17-8-6-15(7-9-17)21(27)16-10-12-25(13-11-16)20(26)14-24-22(28)18-4-2-3-5-19(18)23/h2-9,16H,10-14H2,1H3,(H,24,28). The molecular weight excluding hydrogens is 375 g/mol. The van der Waals surface area contributed by atoms with Gasteiger partial charge in [0.15, 0.2) is 5.78 Å². The van der Waals surface area contributed by atoms with Gasteiger partial charge < -0.3 is 15.0 Å². The molecule has 0 atom stereocenters. The summed E-state index contributed by atoms with van der Waals surface area (Å²) in [6.07, 6.45) is 1.13. The molecule has 1 saturated heterocycles. The third-order valence-electron chi connectivity index (χ3n) is 5.11. The summed E-state index contributed by atoms with van der Waals surface area (Å²) >= 11 is 0. The second-order valence-electron chi connectivity index (χ2n) is 6.91. The van der Waals surface area contributed by atoms with Crippen LogP contribution >= 0.6 is 0 Å². The van der Waals surface area contributed by atoms with E-state index in [0.29, 0.717) is 37.2 Å². The van der Waals surface area contributed by atoms with Crippen LogP contribution in [0.15, 0.2) is 48.5 Å². The molecule has 1 heterocycles. The number of ketones is 1. The fourth-order valence-corrected chi connectivity index (χ4v) is 3.39. The molecule has 7 heteroatoms. The second-order valence-corrected chi connectivity index (χ2v) is 6.91. The van der Waals surface area contributed by atoms with Gasteiger partial charge >= 0.3 is 0 Å². The molecule has 2 aromatic carbocycles. The van der Waals surface area contributed by atoms with Crippen molar-refractivity contribution in [2.45, 2.75) is 12.8 Å². The van der Waals surface area contributed by atoms with Crippen LogP contribution in [0, 0.1) is 11.7 Å². The first-order valence-electron chi connectivity index (χ1n) is 9.48. The van der Waals surface area contributed by atoms with Crippen LogP contribution in [0.1, 0.15) is 33.6 Å². The molecule has 2 amide bonds. The molecule has 29 heavy (non-hydrogen) atoms.